The van der Waals surface area contributed by atoms with Crippen LogP contribution >= 0.6 is 0 Å². The molecular formula is C14H27NO4. The minimum Gasteiger partial charge on any atom is -0.481 e. The number of carboxylic acids is 1. The molecule has 0 bridgehead atoms. The summed E-state index contributed by atoms with van der Waals surface area (Å²) < 4.78 is 5.08. The van der Waals surface area contributed by atoms with E-state index in [4.69, 9.17) is 9.84 Å². The number of hydrogen-bond donors (Lipinski definition) is 2. The second kappa shape index (κ2) is 8.15. The van der Waals surface area contributed by atoms with Gasteiger partial charge in [0.2, 0.25) is 5.91 Å². The molecule has 0 aromatic rings. The summed E-state index contributed by atoms with van der Waals surface area (Å²) in [6.45, 7) is 7.99. The number of rotatable bonds is 8. The van der Waals surface area contributed by atoms with Gasteiger partial charge in [-0.25, -0.2) is 0 Å². The molecular weight excluding hydrogens is 246 g/mol. The standard InChI is InChI=1S/C14H27NO4/c1-10(19-5)6-7-12(16)15-11(8-13(17)18)9-14(2,3)4/h10-11H,6-9H2,1-5H3,(H,15,16)(H,17,18). The number of methoxy groups -OCH3 is 1. The van der Waals surface area contributed by atoms with E-state index in [1.165, 1.54) is 0 Å². The van der Waals surface area contributed by atoms with Crippen molar-refractivity contribution in [3.63, 3.8) is 0 Å². The molecule has 0 spiro atoms. The average molecular weight is 273 g/mol. The lowest BCUT2D eigenvalue weighted by atomic mass is 9.87. The number of nitrogens with one attached hydrogen (secondary N) is 1. The number of ether oxygens (including phenoxy) is 1. The van der Waals surface area contributed by atoms with Crippen molar-refractivity contribution < 1.29 is 19.4 Å². The van der Waals surface area contributed by atoms with Gasteiger partial charge in [-0.15, -0.1) is 0 Å². The Balaban J connectivity index is 4.30. The van der Waals surface area contributed by atoms with Crippen molar-refractivity contribution in [2.45, 2.75) is 65.5 Å². The van der Waals surface area contributed by atoms with E-state index >= 15 is 0 Å². The molecule has 5 heteroatoms. The van der Waals surface area contributed by atoms with E-state index in [9.17, 15) is 9.59 Å². The van der Waals surface area contributed by atoms with E-state index in [1.807, 2.05) is 27.7 Å². The van der Waals surface area contributed by atoms with Crippen LogP contribution in [0, 0.1) is 5.41 Å². The normalized spacial score (nSPS) is 14.8. The molecule has 1 amide bonds. The largest absolute Gasteiger partial charge is 0.481 e. The molecule has 2 unspecified atom stereocenters. The molecule has 0 aliphatic heterocycles. The molecule has 0 heterocycles. The van der Waals surface area contributed by atoms with Crippen LogP contribution in [0.25, 0.3) is 0 Å². The molecule has 2 N–H and O–H groups in total. The van der Waals surface area contributed by atoms with Crippen molar-refractivity contribution in [1.29, 1.82) is 0 Å². The minimum absolute atomic E-state index is 0.0206. The fourth-order valence-electron chi connectivity index (χ4n) is 1.88. The van der Waals surface area contributed by atoms with Crippen LogP contribution in [0.4, 0.5) is 0 Å². The summed E-state index contributed by atoms with van der Waals surface area (Å²) in [6.07, 6.45) is 1.63. The SMILES string of the molecule is COC(C)CCC(=O)NC(CC(=O)O)CC(C)(C)C. The summed E-state index contributed by atoms with van der Waals surface area (Å²) in [5, 5.41) is 11.7. The number of carbonyl (C=O) groups is 2. The van der Waals surface area contributed by atoms with Gasteiger partial charge in [-0.2, -0.15) is 0 Å². The van der Waals surface area contributed by atoms with Crippen LogP contribution in [0.2, 0.25) is 0 Å². The van der Waals surface area contributed by atoms with E-state index in [0.29, 0.717) is 19.3 Å². The zero-order valence-corrected chi connectivity index (χ0v) is 12.7. The molecule has 0 rings (SSSR count). The van der Waals surface area contributed by atoms with Gasteiger partial charge in [-0.1, -0.05) is 20.8 Å². The molecule has 0 aromatic carbocycles. The lowest BCUT2D eigenvalue weighted by Gasteiger charge is -2.26. The maximum absolute atomic E-state index is 11.8. The van der Waals surface area contributed by atoms with Crippen molar-refractivity contribution in [2.24, 2.45) is 5.41 Å². The Morgan fingerprint density at radius 1 is 1.32 bits per heavy atom. The summed E-state index contributed by atoms with van der Waals surface area (Å²) in [5.74, 6) is -1.00. The highest BCUT2D eigenvalue weighted by atomic mass is 16.5. The van der Waals surface area contributed by atoms with Gasteiger partial charge in [0.1, 0.15) is 0 Å². The van der Waals surface area contributed by atoms with Gasteiger partial charge >= 0.3 is 5.97 Å². The van der Waals surface area contributed by atoms with Crippen molar-refractivity contribution in [1.82, 2.24) is 5.32 Å². The van der Waals surface area contributed by atoms with Gasteiger partial charge in [-0.3, -0.25) is 9.59 Å². The van der Waals surface area contributed by atoms with Gasteiger partial charge in [0.25, 0.3) is 0 Å². The molecule has 0 radical (unpaired) electrons. The van der Waals surface area contributed by atoms with Crippen molar-refractivity contribution in [3.05, 3.63) is 0 Å². The molecule has 112 valence electrons. The summed E-state index contributed by atoms with van der Waals surface area (Å²) in [4.78, 5) is 22.6. The van der Waals surface area contributed by atoms with Crippen LogP contribution in [0.15, 0.2) is 0 Å². The zero-order chi connectivity index (χ0) is 15.1. The number of hydrogen-bond acceptors (Lipinski definition) is 3. The first-order valence-corrected chi connectivity index (χ1v) is 6.68. The quantitative estimate of drug-likeness (QED) is 0.711. The predicted octanol–water partition coefficient (Wildman–Crippen LogP) is 2.20. The first kappa shape index (κ1) is 17.9. The van der Waals surface area contributed by atoms with Gasteiger partial charge < -0.3 is 15.2 Å². The van der Waals surface area contributed by atoms with E-state index < -0.39 is 5.97 Å². The molecule has 2 atom stereocenters. The highest BCUT2D eigenvalue weighted by Gasteiger charge is 2.22. The number of carbonyl (C=O) groups excluding carboxylic acids is 1. The summed E-state index contributed by atoms with van der Waals surface area (Å²) in [7, 11) is 1.61. The topological polar surface area (TPSA) is 75.6 Å². The van der Waals surface area contributed by atoms with Crippen LogP contribution in [0.3, 0.4) is 0 Å². The van der Waals surface area contributed by atoms with Crippen LogP contribution < -0.4 is 5.32 Å². The molecule has 0 saturated carbocycles. The second-order valence-corrected chi connectivity index (χ2v) is 6.21. The first-order chi connectivity index (χ1) is 8.64. The fourth-order valence-corrected chi connectivity index (χ4v) is 1.88. The van der Waals surface area contributed by atoms with E-state index in [-0.39, 0.29) is 29.9 Å². The summed E-state index contributed by atoms with van der Waals surface area (Å²) >= 11 is 0. The molecule has 0 aromatic heterocycles. The third kappa shape index (κ3) is 10.5. The number of amides is 1. The van der Waals surface area contributed by atoms with Crippen LogP contribution in [-0.4, -0.2) is 36.2 Å². The Morgan fingerprint density at radius 3 is 2.32 bits per heavy atom. The van der Waals surface area contributed by atoms with E-state index in [0.717, 1.165) is 0 Å². The van der Waals surface area contributed by atoms with Crippen LogP contribution in [0.5, 0.6) is 0 Å². The highest BCUT2D eigenvalue weighted by Crippen LogP contribution is 2.22. The van der Waals surface area contributed by atoms with E-state index in [2.05, 4.69) is 5.32 Å². The van der Waals surface area contributed by atoms with Crippen molar-refractivity contribution >= 4 is 11.9 Å². The monoisotopic (exact) mass is 273 g/mol. The lowest BCUT2D eigenvalue weighted by Crippen LogP contribution is -2.39. The van der Waals surface area contributed by atoms with Crippen molar-refractivity contribution in [3.8, 4) is 0 Å². The summed E-state index contributed by atoms with van der Waals surface area (Å²) in [5.41, 5.74) is -0.0206. The molecule has 0 fully saturated rings. The van der Waals surface area contributed by atoms with Crippen LogP contribution in [-0.2, 0) is 14.3 Å². The highest BCUT2D eigenvalue weighted by molar-refractivity contribution is 5.77. The van der Waals surface area contributed by atoms with Crippen LogP contribution in [0.1, 0.15) is 53.4 Å². The van der Waals surface area contributed by atoms with Crippen molar-refractivity contribution in [2.75, 3.05) is 7.11 Å². The third-order valence-corrected chi connectivity index (χ3v) is 2.83. The summed E-state index contributed by atoms with van der Waals surface area (Å²) in [6, 6.07) is -0.317. The van der Waals surface area contributed by atoms with Gasteiger partial charge in [-0.05, 0) is 25.2 Å². The molecule has 0 aliphatic rings. The average Bonchev–Trinajstić information content (AvgIpc) is 2.22. The van der Waals surface area contributed by atoms with Gasteiger partial charge in [0.15, 0.2) is 0 Å². The molecule has 19 heavy (non-hydrogen) atoms. The Labute approximate surface area is 115 Å². The second-order valence-electron chi connectivity index (χ2n) is 6.21. The maximum atomic E-state index is 11.8. The third-order valence-electron chi connectivity index (χ3n) is 2.83. The lowest BCUT2D eigenvalue weighted by molar-refractivity contribution is -0.138. The Bertz CT molecular complexity index is 296. The zero-order valence-electron chi connectivity index (χ0n) is 12.7. The minimum atomic E-state index is -0.889. The fraction of sp³-hybridized carbons (Fsp3) is 0.857. The van der Waals surface area contributed by atoms with Gasteiger partial charge in [0.05, 0.1) is 12.5 Å². The van der Waals surface area contributed by atoms with Gasteiger partial charge in [0, 0.05) is 19.6 Å². The smallest absolute Gasteiger partial charge is 0.305 e. The number of aliphatic carboxylic acids is 1. The Kier molecular flexibility index (Phi) is 7.68. The molecule has 0 aliphatic carbocycles. The number of carboxylic acid groups (broad SMARTS) is 1. The first-order valence-electron chi connectivity index (χ1n) is 6.68. The maximum Gasteiger partial charge on any atom is 0.305 e. The van der Waals surface area contributed by atoms with E-state index in [1.54, 1.807) is 7.11 Å². The molecule has 0 saturated heterocycles. The molecule has 5 nitrogen and oxygen atoms in total. The Hall–Kier alpha value is -1.10. The Morgan fingerprint density at radius 2 is 1.89 bits per heavy atom. The predicted molar refractivity (Wildman–Crippen MR) is 74.0 cm³/mol.